The summed E-state index contributed by atoms with van der Waals surface area (Å²) in [5.41, 5.74) is 8.37. The van der Waals surface area contributed by atoms with E-state index in [0.29, 0.717) is 5.82 Å². The van der Waals surface area contributed by atoms with Crippen LogP contribution >= 0.6 is 15.9 Å². The van der Waals surface area contributed by atoms with Crippen molar-refractivity contribution >= 4 is 38.9 Å². The van der Waals surface area contributed by atoms with E-state index in [0.717, 1.165) is 21.3 Å². The first-order valence-corrected chi connectivity index (χ1v) is 6.62. The van der Waals surface area contributed by atoms with Crippen molar-refractivity contribution in [3.63, 3.8) is 0 Å². The molecule has 0 aliphatic heterocycles. The zero-order chi connectivity index (χ0) is 14.9. The predicted molar refractivity (Wildman–Crippen MR) is 82.2 cm³/mol. The monoisotopic (exact) mass is 336 g/mol. The van der Waals surface area contributed by atoms with Crippen molar-refractivity contribution in [2.24, 2.45) is 0 Å². The highest BCUT2D eigenvalue weighted by molar-refractivity contribution is 9.10. The fourth-order valence-corrected chi connectivity index (χ4v) is 2.63. The normalized spacial score (nSPS) is 10.3. The van der Waals surface area contributed by atoms with Crippen LogP contribution in [0, 0.1) is 24.0 Å². The van der Waals surface area contributed by atoms with E-state index in [4.69, 9.17) is 5.73 Å². The van der Waals surface area contributed by atoms with E-state index >= 15 is 0 Å². The van der Waals surface area contributed by atoms with Gasteiger partial charge in [0.15, 0.2) is 0 Å². The number of nitrogen functional groups attached to an aromatic ring is 1. The average Bonchev–Trinajstić information content (AvgIpc) is 2.33. The van der Waals surface area contributed by atoms with Crippen LogP contribution < -0.4 is 11.1 Å². The number of rotatable bonds is 3. The summed E-state index contributed by atoms with van der Waals surface area (Å²) in [6, 6.07) is 6.50. The SMILES string of the molecule is Cc1cc(Br)cc(C)c1Nc1cc([N+](=O)[O-])cc(N)n1. The van der Waals surface area contributed by atoms with Crippen LogP contribution in [-0.4, -0.2) is 9.91 Å². The maximum atomic E-state index is 10.8. The lowest BCUT2D eigenvalue weighted by atomic mass is 10.1. The molecular weight excluding hydrogens is 324 g/mol. The fourth-order valence-electron chi connectivity index (χ4n) is 1.94. The van der Waals surface area contributed by atoms with Crippen LogP contribution in [0.3, 0.4) is 0 Å². The smallest absolute Gasteiger partial charge is 0.276 e. The molecule has 2 rings (SSSR count). The summed E-state index contributed by atoms with van der Waals surface area (Å²) in [5, 5.41) is 13.9. The molecule has 20 heavy (non-hydrogen) atoms. The molecule has 0 aliphatic carbocycles. The third kappa shape index (κ3) is 3.05. The van der Waals surface area contributed by atoms with Gasteiger partial charge in [0.05, 0.1) is 17.1 Å². The molecule has 0 fully saturated rings. The lowest BCUT2D eigenvalue weighted by molar-refractivity contribution is -0.384. The number of nitrogens with one attached hydrogen (secondary N) is 1. The highest BCUT2D eigenvalue weighted by atomic mass is 79.9. The molecule has 0 saturated carbocycles. The van der Waals surface area contributed by atoms with E-state index in [9.17, 15) is 10.1 Å². The van der Waals surface area contributed by atoms with Crippen LogP contribution in [-0.2, 0) is 0 Å². The minimum atomic E-state index is -0.496. The quantitative estimate of drug-likeness (QED) is 0.658. The second kappa shape index (κ2) is 5.46. The summed E-state index contributed by atoms with van der Waals surface area (Å²) in [6.45, 7) is 3.89. The lowest BCUT2D eigenvalue weighted by Crippen LogP contribution is -2.02. The molecule has 0 atom stereocenters. The second-order valence-electron chi connectivity index (χ2n) is 4.43. The largest absolute Gasteiger partial charge is 0.383 e. The molecule has 2 aromatic rings. The molecule has 0 bridgehead atoms. The Balaban J connectivity index is 2.42. The summed E-state index contributed by atoms with van der Waals surface area (Å²) in [7, 11) is 0. The molecule has 0 saturated heterocycles. The van der Waals surface area contributed by atoms with Crippen molar-refractivity contribution in [3.05, 3.63) is 50.0 Å². The molecule has 7 heteroatoms. The predicted octanol–water partition coefficient (Wildman–Crippen LogP) is 3.69. The summed E-state index contributed by atoms with van der Waals surface area (Å²) < 4.78 is 0.976. The first kappa shape index (κ1) is 14.3. The van der Waals surface area contributed by atoms with Gasteiger partial charge in [0.2, 0.25) is 0 Å². The van der Waals surface area contributed by atoms with Gasteiger partial charge in [0.1, 0.15) is 11.6 Å². The zero-order valence-electron chi connectivity index (χ0n) is 11.0. The van der Waals surface area contributed by atoms with Crippen molar-refractivity contribution in [1.82, 2.24) is 4.98 Å². The first-order chi connectivity index (χ1) is 9.36. The number of hydrogen-bond donors (Lipinski definition) is 2. The van der Waals surface area contributed by atoms with E-state index in [1.807, 2.05) is 26.0 Å². The van der Waals surface area contributed by atoms with E-state index < -0.39 is 4.92 Å². The van der Waals surface area contributed by atoms with Crippen molar-refractivity contribution < 1.29 is 4.92 Å². The minimum absolute atomic E-state index is 0.0904. The van der Waals surface area contributed by atoms with Crippen molar-refractivity contribution in [3.8, 4) is 0 Å². The number of nitrogens with zero attached hydrogens (tertiary/aromatic N) is 2. The number of benzene rings is 1. The number of aryl methyl sites for hydroxylation is 2. The highest BCUT2D eigenvalue weighted by Crippen LogP contribution is 2.29. The van der Waals surface area contributed by atoms with Crippen LogP contribution in [0.25, 0.3) is 0 Å². The molecule has 0 spiro atoms. The Morgan fingerprint density at radius 1 is 1.25 bits per heavy atom. The molecule has 1 aromatic carbocycles. The highest BCUT2D eigenvalue weighted by Gasteiger charge is 2.12. The van der Waals surface area contributed by atoms with Gasteiger partial charge in [-0.1, -0.05) is 15.9 Å². The maximum absolute atomic E-state index is 10.8. The molecule has 1 heterocycles. The van der Waals surface area contributed by atoms with Gasteiger partial charge in [-0.3, -0.25) is 10.1 Å². The molecule has 0 amide bonds. The Kier molecular flexibility index (Phi) is 3.89. The van der Waals surface area contributed by atoms with Gasteiger partial charge in [-0.2, -0.15) is 0 Å². The molecule has 0 unspecified atom stereocenters. The number of nitro groups is 1. The fraction of sp³-hybridized carbons (Fsp3) is 0.154. The molecular formula is C13H13BrN4O2. The van der Waals surface area contributed by atoms with Gasteiger partial charge >= 0.3 is 0 Å². The van der Waals surface area contributed by atoms with Gasteiger partial charge in [-0.05, 0) is 37.1 Å². The number of halogens is 1. The third-order valence-electron chi connectivity index (χ3n) is 2.79. The van der Waals surface area contributed by atoms with Gasteiger partial charge in [-0.25, -0.2) is 4.98 Å². The lowest BCUT2D eigenvalue weighted by Gasteiger charge is -2.13. The van der Waals surface area contributed by atoms with Gasteiger partial charge in [-0.15, -0.1) is 0 Å². The average molecular weight is 337 g/mol. The van der Waals surface area contributed by atoms with Gasteiger partial charge in [0.25, 0.3) is 5.69 Å². The van der Waals surface area contributed by atoms with Crippen LogP contribution in [0.15, 0.2) is 28.7 Å². The number of hydrogen-bond acceptors (Lipinski definition) is 5. The molecule has 104 valence electrons. The maximum Gasteiger partial charge on any atom is 0.276 e. The molecule has 3 N–H and O–H groups in total. The second-order valence-corrected chi connectivity index (χ2v) is 5.35. The third-order valence-corrected chi connectivity index (χ3v) is 3.25. The molecule has 0 radical (unpaired) electrons. The molecule has 6 nitrogen and oxygen atoms in total. The van der Waals surface area contributed by atoms with Crippen molar-refractivity contribution in [2.75, 3.05) is 11.1 Å². The minimum Gasteiger partial charge on any atom is -0.383 e. The van der Waals surface area contributed by atoms with Crippen LogP contribution in [0.4, 0.5) is 23.0 Å². The van der Waals surface area contributed by atoms with Crippen LogP contribution in [0.1, 0.15) is 11.1 Å². The summed E-state index contributed by atoms with van der Waals surface area (Å²) in [4.78, 5) is 14.4. The summed E-state index contributed by atoms with van der Waals surface area (Å²) >= 11 is 3.42. The van der Waals surface area contributed by atoms with Crippen LogP contribution in [0.2, 0.25) is 0 Å². The Labute approximate surface area is 124 Å². The van der Waals surface area contributed by atoms with Gasteiger partial charge < -0.3 is 11.1 Å². The Hall–Kier alpha value is -2.15. The topological polar surface area (TPSA) is 94.1 Å². The number of aromatic nitrogens is 1. The van der Waals surface area contributed by atoms with E-state index in [2.05, 4.69) is 26.2 Å². The van der Waals surface area contributed by atoms with Crippen molar-refractivity contribution in [1.29, 1.82) is 0 Å². The van der Waals surface area contributed by atoms with Crippen molar-refractivity contribution in [2.45, 2.75) is 13.8 Å². The number of nitrogens with two attached hydrogens (primary N) is 1. The molecule has 1 aromatic heterocycles. The number of pyridine rings is 1. The van der Waals surface area contributed by atoms with E-state index in [-0.39, 0.29) is 11.5 Å². The zero-order valence-corrected chi connectivity index (χ0v) is 12.6. The van der Waals surface area contributed by atoms with Gasteiger partial charge in [0, 0.05) is 10.2 Å². The first-order valence-electron chi connectivity index (χ1n) is 5.82. The van der Waals surface area contributed by atoms with E-state index in [1.165, 1.54) is 12.1 Å². The Morgan fingerprint density at radius 3 is 2.40 bits per heavy atom. The Morgan fingerprint density at radius 2 is 1.85 bits per heavy atom. The van der Waals surface area contributed by atoms with E-state index in [1.54, 1.807) is 0 Å². The van der Waals surface area contributed by atoms with Crippen LogP contribution in [0.5, 0.6) is 0 Å². The number of anilines is 3. The molecule has 0 aliphatic rings. The summed E-state index contributed by atoms with van der Waals surface area (Å²) in [6.07, 6.45) is 0. The standard InChI is InChI=1S/C13H13BrN4O2/c1-7-3-9(14)4-8(2)13(7)17-12-6-10(18(19)20)5-11(15)16-12/h3-6H,1-2H3,(H3,15,16,17). The Bertz CT molecular complexity index is 665. The summed E-state index contributed by atoms with van der Waals surface area (Å²) in [5.74, 6) is 0.458.